The van der Waals surface area contributed by atoms with Crippen LogP contribution in [0.4, 0.5) is 0 Å². The van der Waals surface area contributed by atoms with Gasteiger partial charge in [0.25, 0.3) is 0 Å². The summed E-state index contributed by atoms with van der Waals surface area (Å²) in [6, 6.07) is 33.7. The first-order chi connectivity index (χ1) is 23.3. The molecule has 0 aromatic heterocycles. The summed E-state index contributed by atoms with van der Waals surface area (Å²) in [5, 5.41) is 0. The molecule has 0 saturated carbocycles. The second-order valence-electron chi connectivity index (χ2n) is 12.9. The monoisotopic (exact) mass is 686 g/mol. The highest BCUT2D eigenvalue weighted by Crippen LogP contribution is 2.38. The summed E-state index contributed by atoms with van der Waals surface area (Å²) >= 11 is 0. The van der Waals surface area contributed by atoms with Gasteiger partial charge in [0, 0.05) is 11.1 Å². The lowest BCUT2D eigenvalue weighted by Crippen LogP contribution is -2.13. The second-order valence-corrected chi connectivity index (χ2v) is 16.2. The van der Waals surface area contributed by atoms with Crippen molar-refractivity contribution in [2.24, 2.45) is 0 Å². The van der Waals surface area contributed by atoms with Gasteiger partial charge < -0.3 is 4.55 Å². The highest BCUT2D eigenvalue weighted by Gasteiger charge is 2.34. The van der Waals surface area contributed by atoms with Crippen LogP contribution in [0, 0.1) is 6.92 Å². The van der Waals surface area contributed by atoms with Crippen molar-refractivity contribution in [3.63, 3.8) is 0 Å². The Hall–Kier alpha value is -2.86. The molecule has 0 saturated heterocycles. The molecule has 0 aliphatic heterocycles. The lowest BCUT2D eigenvalue weighted by atomic mass is 9.95. The Labute approximate surface area is 295 Å². The van der Waals surface area contributed by atoms with Gasteiger partial charge in [-0.15, -0.1) is 0 Å². The van der Waals surface area contributed by atoms with Crippen LogP contribution >= 0.6 is 0 Å². The standard InChI is InChI=1S/C36H51S.C7H8O3S/c1-4-7-10-15-22-31-29-32(23-16-11-8-5-2)36(33(30-31)24-17-12-9-6-3)37(34-25-18-13-19-26-34)35-27-20-14-21-28-35;1-6-2-4-7(5-3-6)11(8,9)10/h13-14,18-21,25-30H,4-12,15-17,22-24H2,1-3H3;2-5H,1H3,(H,8,9,10)/q+1;/p-1. The van der Waals surface area contributed by atoms with Crippen molar-refractivity contribution in [1.82, 2.24) is 0 Å². The Balaban J connectivity index is 0.000000480. The zero-order valence-corrected chi connectivity index (χ0v) is 31.5. The maximum Gasteiger partial charge on any atom is 0.172 e. The van der Waals surface area contributed by atoms with Crippen LogP contribution in [0.3, 0.4) is 0 Å². The largest absolute Gasteiger partial charge is 0.744 e. The Morgan fingerprint density at radius 1 is 0.542 bits per heavy atom. The van der Waals surface area contributed by atoms with Crippen LogP contribution in [0.25, 0.3) is 0 Å². The summed E-state index contributed by atoms with van der Waals surface area (Å²) in [4.78, 5) is 4.37. The van der Waals surface area contributed by atoms with Crippen LogP contribution in [0.1, 0.15) is 120 Å². The molecule has 0 unspecified atom stereocenters. The topological polar surface area (TPSA) is 57.2 Å². The number of rotatable bonds is 19. The highest BCUT2D eigenvalue weighted by molar-refractivity contribution is 7.97. The van der Waals surface area contributed by atoms with Crippen molar-refractivity contribution in [2.75, 3.05) is 0 Å². The molecule has 4 aromatic carbocycles. The van der Waals surface area contributed by atoms with Crippen LogP contribution < -0.4 is 0 Å². The molecule has 0 N–H and O–H groups in total. The first-order valence-electron chi connectivity index (χ1n) is 18.3. The minimum absolute atomic E-state index is 0.0692. The van der Waals surface area contributed by atoms with Crippen molar-refractivity contribution in [3.05, 3.63) is 119 Å². The molecule has 48 heavy (non-hydrogen) atoms. The molecular weight excluding hydrogens is 629 g/mol. The molecule has 0 bridgehead atoms. The number of hydrogen-bond donors (Lipinski definition) is 0. The number of hydrogen-bond acceptors (Lipinski definition) is 3. The van der Waals surface area contributed by atoms with Gasteiger partial charge >= 0.3 is 0 Å². The van der Waals surface area contributed by atoms with E-state index >= 15 is 0 Å². The zero-order chi connectivity index (χ0) is 34.6. The van der Waals surface area contributed by atoms with Crippen LogP contribution in [0.5, 0.6) is 0 Å². The maximum atomic E-state index is 10.4. The van der Waals surface area contributed by atoms with Gasteiger partial charge in [-0.1, -0.05) is 145 Å². The minimum Gasteiger partial charge on any atom is -0.744 e. The number of aryl methyl sites for hydroxylation is 4. The van der Waals surface area contributed by atoms with Gasteiger partial charge in [-0.05, 0) is 87.4 Å². The molecule has 4 rings (SSSR count). The number of unbranched alkanes of at least 4 members (excludes halogenated alkanes) is 9. The first kappa shape index (κ1) is 39.6. The maximum absolute atomic E-state index is 10.4. The van der Waals surface area contributed by atoms with Crippen molar-refractivity contribution >= 4 is 21.0 Å². The molecule has 0 aliphatic carbocycles. The molecule has 0 atom stereocenters. The summed E-state index contributed by atoms with van der Waals surface area (Å²) in [6.07, 6.45) is 19.6. The lowest BCUT2D eigenvalue weighted by molar-refractivity contribution is 0.463. The molecule has 0 radical (unpaired) electrons. The number of benzene rings is 4. The fourth-order valence-corrected chi connectivity index (χ4v) is 8.95. The van der Waals surface area contributed by atoms with E-state index < -0.39 is 10.1 Å². The van der Waals surface area contributed by atoms with Crippen LogP contribution in [-0.4, -0.2) is 13.0 Å². The van der Waals surface area contributed by atoms with E-state index in [0.29, 0.717) is 0 Å². The average molecular weight is 687 g/mol. The quantitative estimate of drug-likeness (QED) is 0.0560. The molecule has 0 spiro atoms. The second kappa shape index (κ2) is 22.0. The molecule has 0 heterocycles. The smallest absolute Gasteiger partial charge is 0.172 e. The fourth-order valence-electron chi connectivity index (χ4n) is 6.03. The molecule has 0 aliphatic rings. The predicted molar refractivity (Wildman–Crippen MR) is 204 cm³/mol. The molecule has 260 valence electrons. The Morgan fingerprint density at radius 3 is 1.35 bits per heavy atom. The fraction of sp³-hybridized carbons (Fsp3) is 0.442. The van der Waals surface area contributed by atoms with Gasteiger partial charge in [-0.25, -0.2) is 8.42 Å². The molecule has 4 aromatic rings. The molecule has 0 amide bonds. The van der Waals surface area contributed by atoms with E-state index in [1.165, 1.54) is 118 Å². The van der Waals surface area contributed by atoms with Crippen molar-refractivity contribution in [2.45, 2.75) is 144 Å². The lowest BCUT2D eigenvalue weighted by Gasteiger charge is -2.18. The Bertz CT molecular complexity index is 1480. The average Bonchev–Trinajstić information content (AvgIpc) is 3.09. The molecule has 3 nitrogen and oxygen atoms in total. The van der Waals surface area contributed by atoms with Crippen LogP contribution in [0.2, 0.25) is 0 Å². The van der Waals surface area contributed by atoms with Crippen LogP contribution in [-0.2, 0) is 40.3 Å². The third-order valence-electron chi connectivity index (χ3n) is 8.69. The van der Waals surface area contributed by atoms with Gasteiger partial charge in [0.1, 0.15) is 10.1 Å². The normalized spacial score (nSPS) is 11.4. The Morgan fingerprint density at radius 2 is 0.958 bits per heavy atom. The van der Waals surface area contributed by atoms with E-state index in [1.54, 1.807) is 33.7 Å². The van der Waals surface area contributed by atoms with Gasteiger partial charge in [0.2, 0.25) is 0 Å². The van der Waals surface area contributed by atoms with E-state index in [2.05, 4.69) is 93.6 Å². The van der Waals surface area contributed by atoms with E-state index in [0.717, 1.165) is 5.56 Å². The third kappa shape index (κ3) is 13.6. The molecule has 0 fully saturated rings. The van der Waals surface area contributed by atoms with Gasteiger partial charge in [0.05, 0.1) is 15.8 Å². The van der Waals surface area contributed by atoms with Gasteiger partial charge in [0.15, 0.2) is 14.7 Å². The molecular formula is C43H58O3S2. The summed E-state index contributed by atoms with van der Waals surface area (Å²) in [5.41, 5.74) is 5.77. The van der Waals surface area contributed by atoms with E-state index in [1.807, 2.05) is 6.92 Å². The summed E-state index contributed by atoms with van der Waals surface area (Å²) in [6.45, 7) is 8.77. The van der Waals surface area contributed by atoms with E-state index in [9.17, 15) is 13.0 Å². The van der Waals surface area contributed by atoms with Crippen molar-refractivity contribution < 1.29 is 13.0 Å². The summed E-state index contributed by atoms with van der Waals surface area (Å²) < 4.78 is 31.2. The zero-order valence-electron chi connectivity index (χ0n) is 29.9. The van der Waals surface area contributed by atoms with E-state index in [-0.39, 0.29) is 15.8 Å². The first-order valence-corrected chi connectivity index (χ1v) is 20.9. The SMILES string of the molecule is CCCCCCc1cc(CCCCCC)c([S+](c2ccccc2)c2ccccc2)c(CCCCCC)c1.Cc1ccc(S(=O)(=O)[O-])cc1. The van der Waals surface area contributed by atoms with E-state index in [4.69, 9.17) is 0 Å². The summed E-state index contributed by atoms with van der Waals surface area (Å²) in [5.74, 6) is 0. The Kier molecular flexibility index (Phi) is 18.1. The molecule has 5 heteroatoms. The van der Waals surface area contributed by atoms with Crippen molar-refractivity contribution in [1.29, 1.82) is 0 Å². The minimum atomic E-state index is -4.27. The van der Waals surface area contributed by atoms with Crippen molar-refractivity contribution in [3.8, 4) is 0 Å². The van der Waals surface area contributed by atoms with Crippen LogP contribution in [0.15, 0.2) is 117 Å². The predicted octanol–water partition coefficient (Wildman–Crippen LogP) is 12.0. The third-order valence-corrected chi connectivity index (χ3v) is 12.0. The van der Waals surface area contributed by atoms with Gasteiger partial charge in [-0.2, -0.15) is 0 Å². The highest BCUT2D eigenvalue weighted by atomic mass is 32.2. The van der Waals surface area contributed by atoms with Gasteiger partial charge in [-0.3, -0.25) is 0 Å². The summed E-state index contributed by atoms with van der Waals surface area (Å²) in [7, 11) is -4.34.